The fourth-order valence-corrected chi connectivity index (χ4v) is 16.1. The number of benzene rings is 11. The smallest absolute Gasteiger partial charge is 0.164 e. The van der Waals surface area contributed by atoms with E-state index in [-0.39, 0.29) is 0 Å². The van der Waals surface area contributed by atoms with Crippen LogP contribution in [0.2, 0.25) is 0 Å². The number of nitrogens with zero attached hydrogens (tertiary/aromatic N) is 5. The summed E-state index contributed by atoms with van der Waals surface area (Å²) in [5, 5.41) is 1.85. The van der Waals surface area contributed by atoms with Gasteiger partial charge in [0.15, 0.2) is 17.5 Å². The molecule has 4 aliphatic rings. The molecule has 0 saturated carbocycles. The molecule has 7 heteroatoms. The molecule has 0 radical (unpaired) electrons. The zero-order valence-electron chi connectivity index (χ0n) is 42.7. The van der Waals surface area contributed by atoms with Crippen LogP contribution in [0.15, 0.2) is 249 Å². The van der Waals surface area contributed by atoms with E-state index in [1.807, 2.05) is 0 Å². The van der Waals surface area contributed by atoms with Crippen molar-refractivity contribution in [2.24, 2.45) is 0 Å². The second-order valence-electron chi connectivity index (χ2n) is 21.4. The average Bonchev–Trinajstić information content (AvgIpc) is 3.31. The summed E-state index contributed by atoms with van der Waals surface area (Å²) < 4.78 is 2.26. The van der Waals surface area contributed by atoms with Crippen LogP contribution in [0.1, 0.15) is 44.5 Å². The van der Waals surface area contributed by atoms with Crippen LogP contribution in [-0.4, -0.2) is 24.9 Å². The van der Waals surface area contributed by atoms with Crippen LogP contribution < -0.4 is 0 Å². The summed E-state index contributed by atoms with van der Waals surface area (Å²) in [5.74, 6) is 1.77. The molecule has 3 heterocycles. The van der Waals surface area contributed by atoms with Gasteiger partial charge in [0.1, 0.15) is 10.0 Å². The van der Waals surface area contributed by atoms with Gasteiger partial charge in [0.05, 0.1) is 31.3 Å². The van der Waals surface area contributed by atoms with Gasteiger partial charge in [-0.15, -0.1) is 22.7 Å². The van der Waals surface area contributed by atoms with E-state index in [4.69, 9.17) is 24.9 Å². The second-order valence-corrected chi connectivity index (χ2v) is 23.4. The maximum absolute atomic E-state index is 5.60. The van der Waals surface area contributed by atoms with E-state index < -0.39 is 10.8 Å². The third-order valence-electron chi connectivity index (χ3n) is 17.4. The fraction of sp³-hybridized carbons (Fsp3) is 0.0274. The summed E-state index contributed by atoms with van der Waals surface area (Å²) in [5.41, 5.74) is 25.8. The summed E-state index contributed by atoms with van der Waals surface area (Å²) >= 11 is 3.39. The molecule has 0 bridgehead atoms. The highest BCUT2D eigenvalue weighted by Gasteiger charge is 2.53. The van der Waals surface area contributed by atoms with E-state index in [1.54, 1.807) is 22.7 Å². The van der Waals surface area contributed by atoms with Gasteiger partial charge in [-0.1, -0.05) is 194 Å². The summed E-state index contributed by atoms with van der Waals surface area (Å²) in [7, 11) is 0. The van der Waals surface area contributed by atoms with Gasteiger partial charge >= 0.3 is 0 Å². The standard InChI is InChI=1S/C73H41N5S2/c1-7-23-55-47(17-1)48-18-2-8-24-56(48)72(55)60-28-12-6-22-52(60)54-40-42(34-36-61(54)72)67-76-68(43-33-35-53-51-21-5-11-27-59(51)73(62(53)41-43)57-25-9-3-19-49(57)50-20-4-10-26-58(50)73)78-69(77-67)44-37-45(70-74-63-29-13-15-31-65(63)79-70)39-46(38-44)71-75-64-30-14-16-32-66(64)80-71/h1-41H. The number of hydrogen-bond donors (Lipinski definition) is 0. The highest BCUT2D eigenvalue weighted by molar-refractivity contribution is 7.22. The molecule has 3 aromatic heterocycles. The van der Waals surface area contributed by atoms with E-state index in [9.17, 15) is 0 Å². The molecule has 18 rings (SSSR count). The van der Waals surface area contributed by atoms with Crippen molar-refractivity contribution in [1.82, 2.24) is 24.9 Å². The predicted octanol–water partition coefficient (Wildman–Crippen LogP) is 18.1. The summed E-state index contributed by atoms with van der Waals surface area (Å²) in [6.45, 7) is 0. The molecular formula is C73H41N5S2. The van der Waals surface area contributed by atoms with E-state index in [1.165, 1.54) is 89.0 Å². The lowest BCUT2D eigenvalue weighted by molar-refractivity contribution is 0.793. The zero-order valence-corrected chi connectivity index (χ0v) is 44.4. The molecule has 370 valence electrons. The highest BCUT2D eigenvalue weighted by atomic mass is 32.1. The number of thiazole rings is 2. The summed E-state index contributed by atoms with van der Waals surface area (Å²) in [4.78, 5) is 27.2. The minimum absolute atomic E-state index is 0.472. The fourth-order valence-electron chi connectivity index (χ4n) is 14.2. The monoisotopic (exact) mass is 1050 g/mol. The first-order valence-corrected chi connectivity index (χ1v) is 28.8. The van der Waals surface area contributed by atoms with E-state index >= 15 is 0 Å². The molecule has 14 aromatic rings. The van der Waals surface area contributed by atoms with Crippen molar-refractivity contribution >= 4 is 43.1 Å². The summed E-state index contributed by atoms with van der Waals surface area (Å²) in [6.07, 6.45) is 0. The number of fused-ring (bicyclic) bond motifs is 22. The first kappa shape index (κ1) is 44.2. The van der Waals surface area contributed by atoms with Crippen LogP contribution in [0.5, 0.6) is 0 Å². The van der Waals surface area contributed by atoms with Crippen molar-refractivity contribution in [3.63, 3.8) is 0 Å². The predicted molar refractivity (Wildman–Crippen MR) is 326 cm³/mol. The van der Waals surface area contributed by atoms with Crippen molar-refractivity contribution in [2.45, 2.75) is 10.8 Å². The number of hydrogen-bond acceptors (Lipinski definition) is 7. The quantitative estimate of drug-likeness (QED) is 0.172. The van der Waals surface area contributed by atoms with E-state index in [2.05, 4.69) is 249 Å². The SMILES string of the molecule is c1ccc2c(c1)-c1ccccc1C21c2ccccc2-c2cc(-c3nc(-c4cc(-c5nc6ccccc6s5)cc(-c5nc6ccccc6s5)c4)nc(-c4ccc5c(c4)C4(c6ccccc6-c6ccccc64)c4ccccc4-5)n3)ccc21. The number of rotatable bonds is 5. The van der Waals surface area contributed by atoms with Gasteiger partial charge < -0.3 is 0 Å². The maximum atomic E-state index is 5.60. The van der Waals surface area contributed by atoms with Crippen molar-refractivity contribution in [3.8, 4) is 99.8 Å². The minimum Gasteiger partial charge on any atom is -0.236 e. The van der Waals surface area contributed by atoms with Gasteiger partial charge in [0.25, 0.3) is 0 Å². The molecule has 80 heavy (non-hydrogen) atoms. The Kier molecular flexibility index (Phi) is 9.05. The average molecular weight is 1050 g/mol. The van der Waals surface area contributed by atoms with Gasteiger partial charge in [0, 0.05) is 27.8 Å². The van der Waals surface area contributed by atoms with Crippen molar-refractivity contribution in [2.75, 3.05) is 0 Å². The Morgan fingerprint density at radius 2 is 0.550 bits per heavy atom. The molecule has 5 nitrogen and oxygen atoms in total. The third kappa shape index (κ3) is 5.92. The first-order valence-electron chi connectivity index (χ1n) is 27.1. The molecule has 4 aliphatic carbocycles. The Hall–Kier alpha value is -9.79. The van der Waals surface area contributed by atoms with Gasteiger partial charge in [0.2, 0.25) is 0 Å². The lowest BCUT2D eigenvalue weighted by atomic mass is 9.70. The van der Waals surface area contributed by atoms with Crippen LogP contribution in [0, 0.1) is 0 Å². The van der Waals surface area contributed by atoms with Crippen LogP contribution in [-0.2, 0) is 10.8 Å². The maximum Gasteiger partial charge on any atom is 0.164 e. The molecule has 0 atom stereocenters. The van der Waals surface area contributed by atoms with Gasteiger partial charge in [-0.25, -0.2) is 24.9 Å². The lowest BCUT2D eigenvalue weighted by Crippen LogP contribution is -2.25. The Labute approximate surface area is 469 Å². The van der Waals surface area contributed by atoms with Gasteiger partial charge in [-0.2, -0.15) is 0 Å². The first-order chi connectivity index (χ1) is 39.6. The molecule has 2 spiro atoms. The second kappa shape index (κ2) is 16.4. The number of para-hydroxylation sites is 2. The number of aromatic nitrogens is 5. The molecule has 0 aliphatic heterocycles. The Morgan fingerprint density at radius 1 is 0.225 bits per heavy atom. The molecule has 0 saturated heterocycles. The van der Waals surface area contributed by atoms with Gasteiger partial charge in [-0.3, -0.25) is 0 Å². The summed E-state index contributed by atoms with van der Waals surface area (Å²) in [6, 6.07) is 90.9. The van der Waals surface area contributed by atoms with Gasteiger partial charge in [-0.05, 0) is 144 Å². The molecule has 0 fully saturated rings. The normalized spacial score (nSPS) is 13.9. The zero-order chi connectivity index (χ0) is 52.3. The minimum atomic E-state index is -0.535. The van der Waals surface area contributed by atoms with E-state index in [0.717, 1.165) is 58.3 Å². The van der Waals surface area contributed by atoms with Crippen LogP contribution in [0.25, 0.3) is 120 Å². The Morgan fingerprint density at radius 3 is 1.00 bits per heavy atom. The third-order valence-corrected chi connectivity index (χ3v) is 19.6. The van der Waals surface area contributed by atoms with Crippen molar-refractivity contribution in [3.05, 3.63) is 293 Å². The Bertz CT molecular complexity index is 4740. The van der Waals surface area contributed by atoms with Crippen molar-refractivity contribution in [1.29, 1.82) is 0 Å². The molecular weight excluding hydrogens is 1010 g/mol. The van der Waals surface area contributed by atoms with Crippen molar-refractivity contribution < 1.29 is 0 Å². The molecule has 0 unspecified atom stereocenters. The lowest BCUT2D eigenvalue weighted by Gasteiger charge is -2.30. The highest BCUT2D eigenvalue weighted by Crippen LogP contribution is 2.65. The van der Waals surface area contributed by atoms with E-state index in [0.29, 0.717) is 17.5 Å². The topological polar surface area (TPSA) is 64.5 Å². The molecule has 0 amide bonds. The molecule has 0 N–H and O–H groups in total. The van der Waals surface area contributed by atoms with Crippen LogP contribution in [0.3, 0.4) is 0 Å². The van der Waals surface area contributed by atoms with Crippen LogP contribution in [0.4, 0.5) is 0 Å². The van der Waals surface area contributed by atoms with Crippen LogP contribution >= 0.6 is 22.7 Å². The Balaban J connectivity index is 0.885. The largest absolute Gasteiger partial charge is 0.236 e. The molecule has 11 aromatic carbocycles.